The molecule has 4 rings (SSSR count). The van der Waals surface area contributed by atoms with E-state index in [9.17, 15) is 18.8 Å². The number of nitrogens with one attached hydrogen (secondary N) is 1. The van der Waals surface area contributed by atoms with E-state index in [-0.39, 0.29) is 35.9 Å². The number of fused-ring (bicyclic) bond motifs is 1. The molecule has 10 heteroatoms. The van der Waals surface area contributed by atoms with Crippen LogP contribution in [0.25, 0.3) is 16.7 Å². The molecule has 0 saturated heterocycles. The summed E-state index contributed by atoms with van der Waals surface area (Å²) in [5.41, 5.74) is 0.687. The van der Waals surface area contributed by atoms with Gasteiger partial charge in [0.05, 0.1) is 11.3 Å². The van der Waals surface area contributed by atoms with Gasteiger partial charge in [-0.25, -0.2) is 9.07 Å². The van der Waals surface area contributed by atoms with Crippen LogP contribution in [0.3, 0.4) is 0 Å². The number of halogens is 2. The van der Waals surface area contributed by atoms with E-state index in [0.29, 0.717) is 47.0 Å². The number of aromatic nitrogens is 2. The lowest BCUT2D eigenvalue weighted by Crippen LogP contribution is -2.27. The normalized spacial score (nSPS) is 11.9. The van der Waals surface area contributed by atoms with E-state index in [4.69, 9.17) is 16.0 Å². The van der Waals surface area contributed by atoms with Crippen molar-refractivity contribution in [3.63, 3.8) is 0 Å². The summed E-state index contributed by atoms with van der Waals surface area (Å²) < 4.78 is 23.2. The molecule has 1 N–H and O–H groups in total. The number of para-hydroxylation sites is 1. The number of benzene rings is 2. The molecule has 2 heterocycles. The first-order valence-electron chi connectivity index (χ1n) is 13.5. The van der Waals surface area contributed by atoms with Gasteiger partial charge in [0.15, 0.2) is 5.78 Å². The van der Waals surface area contributed by atoms with Crippen molar-refractivity contribution in [3.05, 3.63) is 80.7 Å². The van der Waals surface area contributed by atoms with Crippen LogP contribution >= 0.6 is 11.6 Å². The van der Waals surface area contributed by atoms with Crippen molar-refractivity contribution in [1.82, 2.24) is 14.3 Å². The molecule has 0 atom stereocenters. The van der Waals surface area contributed by atoms with Crippen molar-refractivity contribution in [2.24, 2.45) is 12.5 Å². The number of amides is 1. The van der Waals surface area contributed by atoms with Crippen LogP contribution in [-0.2, 0) is 18.3 Å². The topological polar surface area (TPSA) is 89.5 Å². The van der Waals surface area contributed by atoms with E-state index in [2.05, 4.69) is 5.32 Å². The lowest BCUT2D eigenvalue weighted by Gasteiger charge is -2.23. The van der Waals surface area contributed by atoms with Gasteiger partial charge in [-0.1, -0.05) is 37.6 Å². The second kappa shape index (κ2) is 12.0. The summed E-state index contributed by atoms with van der Waals surface area (Å²) in [5, 5.41) is 4.03. The number of hydrogen-bond acceptors (Lipinski definition) is 5. The minimum absolute atomic E-state index is 0.0756. The molecule has 0 spiro atoms. The van der Waals surface area contributed by atoms with E-state index in [0.717, 1.165) is 5.39 Å². The number of furan rings is 1. The lowest BCUT2D eigenvalue weighted by atomic mass is 9.82. The second-order valence-electron chi connectivity index (χ2n) is 11.5. The van der Waals surface area contributed by atoms with Crippen LogP contribution < -0.4 is 10.9 Å². The Morgan fingerprint density at radius 1 is 1.15 bits per heavy atom. The van der Waals surface area contributed by atoms with E-state index in [1.165, 1.54) is 16.8 Å². The average Bonchev–Trinajstić information content (AvgIpc) is 3.36. The molecule has 0 aliphatic heterocycles. The molecule has 41 heavy (non-hydrogen) atoms. The number of ketones is 1. The lowest BCUT2D eigenvalue weighted by molar-refractivity contribution is -0.118. The van der Waals surface area contributed by atoms with Gasteiger partial charge in [-0.3, -0.25) is 19.1 Å². The number of rotatable bonds is 11. The largest absolute Gasteiger partial charge is 0.461 e. The van der Waals surface area contributed by atoms with E-state index in [1.54, 1.807) is 36.0 Å². The zero-order valence-electron chi connectivity index (χ0n) is 24.3. The molecule has 2 aromatic carbocycles. The molecular formula is C31H36ClFN4O4. The smallest absolute Gasteiger partial charge is 0.295 e. The first-order valence-corrected chi connectivity index (χ1v) is 13.9. The van der Waals surface area contributed by atoms with Gasteiger partial charge in [-0.2, -0.15) is 0 Å². The van der Waals surface area contributed by atoms with Crippen LogP contribution in [-0.4, -0.2) is 46.6 Å². The van der Waals surface area contributed by atoms with E-state index < -0.39 is 16.8 Å². The van der Waals surface area contributed by atoms with E-state index >= 15 is 0 Å². The third-order valence-corrected chi connectivity index (χ3v) is 7.42. The molecule has 4 aromatic rings. The summed E-state index contributed by atoms with van der Waals surface area (Å²) in [6.07, 6.45) is 1.16. The maximum absolute atomic E-state index is 14.6. The van der Waals surface area contributed by atoms with Crippen molar-refractivity contribution < 1.29 is 18.4 Å². The Morgan fingerprint density at radius 2 is 1.85 bits per heavy atom. The second-order valence-corrected chi connectivity index (χ2v) is 11.9. The SMILES string of the molecule is Cc1cc2cc(Cl)cc(C(=O)CCC(C)(C)CC(=O)Nc3c(CCN(C)C)n(C)n(-c4ccccc4F)c3=O)c2o1. The fraction of sp³-hybridized carbons (Fsp3) is 0.387. The van der Waals surface area contributed by atoms with Gasteiger partial charge < -0.3 is 14.6 Å². The summed E-state index contributed by atoms with van der Waals surface area (Å²) in [5.74, 6) is -0.334. The summed E-state index contributed by atoms with van der Waals surface area (Å²) in [7, 11) is 5.50. The molecular weight excluding hydrogens is 547 g/mol. The Balaban J connectivity index is 1.52. The Kier molecular flexibility index (Phi) is 8.89. The van der Waals surface area contributed by atoms with Gasteiger partial charge in [-0.05, 0) is 63.2 Å². The number of hydrogen-bond donors (Lipinski definition) is 1. The number of carbonyl (C=O) groups is 2. The third kappa shape index (κ3) is 6.80. The van der Waals surface area contributed by atoms with Crippen molar-refractivity contribution in [1.29, 1.82) is 0 Å². The Labute approximate surface area is 243 Å². The fourth-order valence-electron chi connectivity index (χ4n) is 5.03. The predicted molar refractivity (Wildman–Crippen MR) is 160 cm³/mol. The van der Waals surface area contributed by atoms with Crippen LogP contribution in [0.2, 0.25) is 5.02 Å². The van der Waals surface area contributed by atoms with Crippen molar-refractivity contribution >= 4 is 39.9 Å². The number of carbonyl (C=O) groups excluding carboxylic acids is 2. The molecule has 0 radical (unpaired) electrons. The van der Waals surface area contributed by atoms with Gasteiger partial charge in [0.25, 0.3) is 5.56 Å². The minimum atomic E-state index is -0.556. The molecule has 218 valence electrons. The highest BCUT2D eigenvalue weighted by Crippen LogP contribution is 2.32. The summed E-state index contributed by atoms with van der Waals surface area (Å²) in [4.78, 5) is 41.9. The molecule has 0 unspecified atom stereocenters. The molecule has 2 aromatic heterocycles. The molecule has 1 amide bonds. The van der Waals surface area contributed by atoms with Crippen LogP contribution in [0.5, 0.6) is 0 Å². The summed E-state index contributed by atoms with van der Waals surface area (Å²) in [6.45, 7) is 6.24. The van der Waals surface area contributed by atoms with Gasteiger partial charge in [-0.15, -0.1) is 0 Å². The molecule has 0 aliphatic rings. The predicted octanol–water partition coefficient (Wildman–Crippen LogP) is 6.15. The third-order valence-electron chi connectivity index (χ3n) is 7.20. The average molecular weight is 583 g/mol. The van der Waals surface area contributed by atoms with Crippen molar-refractivity contribution in [2.45, 2.75) is 46.5 Å². The Hall–Kier alpha value is -3.69. The Morgan fingerprint density at radius 3 is 2.54 bits per heavy atom. The first kappa shape index (κ1) is 30.3. The van der Waals surface area contributed by atoms with Gasteiger partial charge in [0.2, 0.25) is 5.91 Å². The summed E-state index contributed by atoms with van der Waals surface area (Å²) >= 11 is 6.24. The first-order chi connectivity index (χ1) is 19.3. The standard InChI is InChI=1S/C31H36ClFN4O4/c1-19-15-20-16-21(32)17-22(29(20)41-19)26(38)11-13-31(2,3)18-27(39)34-28-25(12-14-35(4)5)36(6)37(30(28)40)24-10-8-7-9-23(24)33/h7-10,15-17H,11-14,18H2,1-6H3,(H,34,39). The summed E-state index contributed by atoms with van der Waals surface area (Å²) in [6, 6.07) is 11.2. The van der Waals surface area contributed by atoms with Crippen LogP contribution in [0, 0.1) is 18.2 Å². The monoisotopic (exact) mass is 582 g/mol. The highest BCUT2D eigenvalue weighted by atomic mass is 35.5. The highest BCUT2D eigenvalue weighted by molar-refractivity contribution is 6.32. The van der Waals surface area contributed by atoms with E-state index in [1.807, 2.05) is 45.8 Å². The number of aryl methyl sites for hydroxylation is 1. The van der Waals surface area contributed by atoms with Gasteiger partial charge in [0, 0.05) is 43.3 Å². The number of anilines is 1. The zero-order valence-corrected chi connectivity index (χ0v) is 25.1. The number of likely N-dealkylation sites (N-methyl/N-ethyl adjacent to an activating group) is 1. The maximum atomic E-state index is 14.6. The van der Waals surface area contributed by atoms with Crippen molar-refractivity contribution in [2.75, 3.05) is 26.0 Å². The Bertz CT molecular complexity index is 1660. The van der Waals surface area contributed by atoms with Gasteiger partial charge in [0.1, 0.15) is 28.5 Å². The number of nitrogens with zero attached hydrogens (tertiary/aromatic N) is 3. The maximum Gasteiger partial charge on any atom is 0.295 e. The van der Waals surface area contributed by atoms with Crippen LogP contribution in [0.1, 0.15) is 54.9 Å². The molecule has 0 fully saturated rings. The number of Topliss-reactive ketones (excluding diaryl/α,β-unsaturated/α-hetero) is 1. The molecule has 8 nitrogen and oxygen atoms in total. The van der Waals surface area contributed by atoms with Crippen molar-refractivity contribution in [3.8, 4) is 5.69 Å². The molecule has 0 saturated carbocycles. The van der Waals surface area contributed by atoms with Crippen LogP contribution in [0.15, 0.2) is 51.7 Å². The fourth-order valence-corrected chi connectivity index (χ4v) is 5.26. The van der Waals surface area contributed by atoms with Gasteiger partial charge >= 0.3 is 0 Å². The quantitative estimate of drug-likeness (QED) is 0.214. The highest BCUT2D eigenvalue weighted by Gasteiger charge is 2.27. The van der Waals surface area contributed by atoms with Crippen LogP contribution in [0.4, 0.5) is 10.1 Å². The zero-order chi connectivity index (χ0) is 30.1. The molecule has 0 bridgehead atoms. The molecule has 0 aliphatic carbocycles. The minimum Gasteiger partial charge on any atom is -0.461 e.